The number of H-pyrrole nitrogens is 1. The fourth-order valence-electron chi connectivity index (χ4n) is 3.52. The molecule has 0 unspecified atom stereocenters. The summed E-state index contributed by atoms with van der Waals surface area (Å²) in [5, 5.41) is 1.07. The van der Waals surface area contributed by atoms with Gasteiger partial charge in [0, 0.05) is 43.7 Å². The summed E-state index contributed by atoms with van der Waals surface area (Å²) < 4.78 is 0. The average molecular weight is 338 g/mol. The maximum Gasteiger partial charge on any atom is 0.150 e. The molecule has 6 heteroatoms. The molecule has 0 amide bonds. The van der Waals surface area contributed by atoms with E-state index in [-0.39, 0.29) is 0 Å². The molecule has 3 heterocycles. The first-order valence-electron chi connectivity index (χ1n) is 9.17. The number of hydrogen-bond donors (Lipinski definition) is 2. The van der Waals surface area contributed by atoms with Gasteiger partial charge in [0.15, 0.2) is 0 Å². The van der Waals surface area contributed by atoms with Crippen LogP contribution in [-0.2, 0) is 6.42 Å². The first kappa shape index (κ1) is 16.1. The van der Waals surface area contributed by atoms with Gasteiger partial charge in [-0.2, -0.15) is 0 Å². The van der Waals surface area contributed by atoms with E-state index in [0.717, 1.165) is 73.2 Å². The van der Waals surface area contributed by atoms with E-state index in [1.807, 2.05) is 0 Å². The van der Waals surface area contributed by atoms with Crippen LogP contribution in [0.25, 0.3) is 21.9 Å². The predicted octanol–water partition coefficient (Wildman–Crippen LogP) is 2.79. The minimum absolute atomic E-state index is 0.535. The average Bonchev–Trinajstić information content (AvgIpc) is 3.05. The van der Waals surface area contributed by atoms with Crippen LogP contribution in [0.4, 0.5) is 11.5 Å². The Kier molecular flexibility index (Phi) is 4.21. The number of likely N-dealkylation sites (N-methyl/N-ethyl adjacent to an activating group) is 1. The van der Waals surface area contributed by atoms with Gasteiger partial charge in [0.2, 0.25) is 0 Å². The van der Waals surface area contributed by atoms with Crippen molar-refractivity contribution >= 4 is 33.4 Å². The highest BCUT2D eigenvalue weighted by Crippen LogP contribution is 2.29. The van der Waals surface area contributed by atoms with E-state index in [0.29, 0.717) is 5.82 Å². The van der Waals surface area contributed by atoms with Gasteiger partial charge >= 0.3 is 0 Å². The van der Waals surface area contributed by atoms with Crippen LogP contribution < -0.4 is 10.6 Å². The van der Waals surface area contributed by atoms with Crippen LogP contribution in [-0.4, -0.2) is 53.1 Å². The molecule has 1 saturated heterocycles. The van der Waals surface area contributed by atoms with Gasteiger partial charge in [0.1, 0.15) is 22.7 Å². The van der Waals surface area contributed by atoms with Gasteiger partial charge in [-0.05, 0) is 31.7 Å². The van der Waals surface area contributed by atoms with E-state index < -0.39 is 0 Å². The smallest absolute Gasteiger partial charge is 0.150 e. The van der Waals surface area contributed by atoms with E-state index in [2.05, 4.69) is 51.9 Å². The summed E-state index contributed by atoms with van der Waals surface area (Å²) in [6, 6.07) is 6.48. The lowest BCUT2D eigenvalue weighted by Gasteiger charge is -2.34. The number of piperazine rings is 1. The first-order valence-corrected chi connectivity index (χ1v) is 9.17. The zero-order valence-electron chi connectivity index (χ0n) is 15.0. The zero-order chi connectivity index (χ0) is 17.4. The molecule has 0 bridgehead atoms. The number of aromatic nitrogens is 3. The van der Waals surface area contributed by atoms with Crippen molar-refractivity contribution in [1.29, 1.82) is 0 Å². The normalized spacial score (nSPS) is 16.2. The lowest BCUT2D eigenvalue weighted by atomic mass is 10.1. The number of nitrogens with one attached hydrogen (secondary N) is 1. The number of pyridine rings is 1. The molecular weight excluding hydrogens is 312 g/mol. The highest BCUT2D eigenvalue weighted by molar-refractivity contribution is 6.06. The highest BCUT2D eigenvalue weighted by Gasteiger charge is 2.16. The summed E-state index contributed by atoms with van der Waals surface area (Å²) >= 11 is 0. The number of nitrogens with two attached hydrogens (primary N) is 1. The molecule has 3 N–H and O–H groups in total. The summed E-state index contributed by atoms with van der Waals surface area (Å²) in [5.41, 5.74) is 10.2. The summed E-state index contributed by atoms with van der Waals surface area (Å²) in [6.07, 6.45) is 3.23. The topological polar surface area (TPSA) is 74.1 Å². The number of rotatable bonds is 4. The predicted molar refractivity (Wildman–Crippen MR) is 104 cm³/mol. The maximum absolute atomic E-state index is 6.21. The first-order chi connectivity index (χ1) is 12.2. The number of anilines is 2. The standard InChI is InChI=1S/C19H26N6/c1-3-4-5-16-22-17-14-7-6-13(25-10-8-24(2)9-11-25)12-15(14)21-19(20)18(17)23-16/h6-7,12H,3-5,8-11H2,1-2H3,(H2,20,21)(H,22,23). The van der Waals surface area contributed by atoms with Crippen LogP contribution in [0.3, 0.4) is 0 Å². The Hall–Kier alpha value is -2.34. The molecule has 4 rings (SSSR count). The van der Waals surface area contributed by atoms with Gasteiger partial charge in [-0.3, -0.25) is 0 Å². The van der Waals surface area contributed by atoms with Crippen LogP contribution in [0, 0.1) is 0 Å². The number of aryl methyl sites for hydroxylation is 1. The van der Waals surface area contributed by atoms with Gasteiger partial charge in [-0.15, -0.1) is 0 Å². The van der Waals surface area contributed by atoms with Crippen molar-refractivity contribution in [3.63, 3.8) is 0 Å². The van der Waals surface area contributed by atoms with E-state index in [1.54, 1.807) is 0 Å². The molecular formula is C19H26N6. The number of hydrogen-bond acceptors (Lipinski definition) is 5. The minimum atomic E-state index is 0.535. The van der Waals surface area contributed by atoms with Gasteiger partial charge in [0.25, 0.3) is 0 Å². The molecule has 0 saturated carbocycles. The van der Waals surface area contributed by atoms with Crippen molar-refractivity contribution in [3.05, 3.63) is 24.0 Å². The number of aromatic amines is 1. The Labute approximate surface area is 148 Å². The Bertz CT molecular complexity index is 892. The molecule has 1 fully saturated rings. The molecule has 3 aromatic rings. The van der Waals surface area contributed by atoms with Crippen molar-refractivity contribution < 1.29 is 0 Å². The Morgan fingerprint density at radius 3 is 2.72 bits per heavy atom. The summed E-state index contributed by atoms with van der Waals surface area (Å²) in [5.74, 6) is 1.54. The van der Waals surface area contributed by atoms with Gasteiger partial charge < -0.3 is 20.5 Å². The van der Waals surface area contributed by atoms with E-state index in [1.165, 1.54) is 5.69 Å². The lowest BCUT2D eigenvalue weighted by molar-refractivity contribution is 0.313. The number of fused-ring (bicyclic) bond motifs is 3. The second kappa shape index (κ2) is 6.52. The third-order valence-electron chi connectivity index (χ3n) is 5.12. The van der Waals surface area contributed by atoms with Crippen LogP contribution in [0.15, 0.2) is 18.2 Å². The van der Waals surface area contributed by atoms with Crippen molar-refractivity contribution in [2.24, 2.45) is 0 Å². The molecule has 0 radical (unpaired) electrons. The van der Waals surface area contributed by atoms with Gasteiger partial charge in [0.05, 0.1) is 5.52 Å². The molecule has 132 valence electrons. The van der Waals surface area contributed by atoms with E-state index >= 15 is 0 Å². The SMILES string of the molecule is CCCCc1nc2c([nH]1)c(N)nc1cc(N3CCN(C)CC3)ccc12. The highest BCUT2D eigenvalue weighted by atomic mass is 15.2. The Morgan fingerprint density at radius 2 is 1.96 bits per heavy atom. The lowest BCUT2D eigenvalue weighted by Crippen LogP contribution is -2.44. The van der Waals surface area contributed by atoms with Crippen molar-refractivity contribution in [2.45, 2.75) is 26.2 Å². The van der Waals surface area contributed by atoms with Crippen LogP contribution in [0.1, 0.15) is 25.6 Å². The van der Waals surface area contributed by atoms with Crippen molar-refractivity contribution in [1.82, 2.24) is 19.9 Å². The molecule has 6 nitrogen and oxygen atoms in total. The monoisotopic (exact) mass is 338 g/mol. The van der Waals surface area contributed by atoms with E-state index in [9.17, 15) is 0 Å². The summed E-state index contributed by atoms with van der Waals surface area (Å²) in [6.45, 7) is 6.46. The fourth-order valence-corrected chi connectivity index (χ4v) is 3.52. The second-order valence-electron chi connectivity index (χ2n) is 7.00. The third-order valence-corrected chi connectivity index (χ3v) is 5.12. The van der Waals surface area contributed by atoms with Crippen molar-refractivity contribution in [3.8, 4) is 0 Å². The maximum atomic E-state index is 6.21. The molecule has 1 aliphatic rings. The Balaban J connectivity index is 1.74. The number of nitrogen functional groups attached to an aromatic ring is 1. The Morgan fingerprint density at radius 1 is 1.16 bits per heavy atom. The molecule has 0 aliphatic carbocycles. The number of nitrogens with zero attached hydrogens (tertiary/aromatic N) is 4. The molecule has 2 aromatic heterocycles. The summed E-state index contributed by atoms with van der Waals surface area (Å²) in [4.78, 5) is 17.6. The molecule has 0 spiro atoms. The van der Waals surface area contributed by atoms with Crippen LogP contribution in [0.2, 0.25) is 0 Å². The van der Waals surface area contributed by atoms with E-state index in [4.69, 9.17) is 10.7 Å². The van der Waals surface area contributed by atoms with Gasteiger partial charge in [-0.25, -0.2) is 9.97 Å². The fraction of sp³-hybridized carbons (Fsp3) is 0.474. The molecule has 25 heavy (non-hydrogen) atoms. The molecule has 0 atom stereocenters. The number of unbranched alkanes of at least 4 members (excludes halogenated alkanes) is 1. The number of imidazole rings is 1. The second-order valence-corrected chi connectivity index (χ2v) is 7.00. The van der Waals surface area contributed by atoms with Gasteiger partial charge in [-0.1, -0.05) is 13.3 Å². The molecule has 1 aliphatic heterocycles. The van der Waals surface area contributed by atoms with Crippen LogP contribution in [0.5, 0.6) is 0 Å². The third kappa shape index (κ3) is 3.02. The zero-order valence-corrected chi connectivity index (χ0v) is 15.0. The quantitative estimate of drug-likeness (QED) is 0.765. The minimum Gasteiger partial charge on any atom is -0.382 e. The van der Waals surface area contributed by atoms with Crippen molar-refractivity contribution in [2.75, 3.05) is 43.9 Å². The summed E-state index contributed by atoms with van der Waals surface area (Å²) in [7, 11) is 2.17. The van der Waals surface area contributed by atoms with Crippen LogP contribution >= 0.6 is 0 Å². The molecule has 1 aromatic carbocycles. The number of benzene rings is 1. The largest absolute Gasteiger partial charge is 0.382 e.